The third-order valence-corrected chi connectivity index (χ3v) is 2.76. The van der Waals surface area contributed by atoms with E-state index in [4.69, 9.17) is 11.1 Å². The Labute approximate surface area is 102 Å². The normalized spacial score (nSPS) is 24.4. The molecule has 0 atom stereocenters. The molecule has 0 radical (unpaired) electrons. The molecule has 1 aliphatic rings. The minimum absolute atomic E-state index is 0.544. The Morgan fingerprint density at radius 2 is 1.50 bits per heavy atom. The summed E-state index contributed by atoms with van der Waals surface area (Å²) >= 11 is 0. The highest BCUT2D eigenvalue weighted by Crippen LogP contribution is 2.30. The van der Waals surface area contributed by atoms with Crippen LogP contribution in [0.2, 0.25) is 0 Å². The Kier molecular flexibility index (Phi) is 13.5. The lowest BCUT2D eigenvalue weighted by Crippen LogP contribution is -2.18. The largest absolute Gasteiger partial charge is 0.402 e. The molecular weight excluding hydrogens is 196 g/mol. The Balaban J connectivity index is 0. The van der Waals surface area contributed by atoms with Gasteiger partial charge in [0.1, 0.15) is 0 Å². The first kappa shape index (κ1) is 17.6. The fourth-order valence-corrected chi connectivity index (χ4v) is 1.83. The second kappa shape index (κ2) is 12.3. The third-order valence-electron chi connectivity index (χ3n) is 2.76. The molecule has 0 unspecified atom stereocenters. The van der Waals surface area contributed by atoms with E-state index < -0.39 is 0 Å². The first-order valence-electron chi connectivity index (χ1n) is 6.70. The maximum Gasteiger partial charge on any atom is 0.0194 e. The molecule has 0 heterocycles. The van der Waals surface area contributed by atoms with E-state index in [2.05, 4.69) is 6.92 Å². The molecule has 3 N–H and O–H groups in total. The molecule has 1 rings (SSSR count). The first-order chi connectivity index (χ1) is 7.74. The van der Waals surface area contributed by atoms with Crippen LogP contribution in [-0.2, 0) is 0 Å². The SMILES string of the molecule is CC.CC.CC1CCC(/C(N)=C/C=N)CC1. The molecule has 1 aliphatic carbocycles. The second-order valence-corrected chi connectivity index (χ2v) is 3.79. The molecule has 0 aliphatic heterocycles. The van der Waals surface area contributed by atoms with Gasteiger partial charge in [-0.1, -0.05) is 47.5 Å². The van der Waals surface area contributed by atoms with Crippen molar-refractivity contribution in [1.82, 2.24) is 0 Å². The summed E-state index contributed by atoms with van der Waals surface area (Å²) in [6.45, 7) is 10.3. The molecule has 0 aromatic rings. The fraction of sp³-hybridized carbons (Fsp3) is 0.786. The maximum atomic E-state index is 6.91. The van der Waals surface area contributed by atoms with Crippen LogP contribution in [0.4, 0.5) is 0 Å². The van der Waals surface area contributed by atoms with E-state index in [1.807, 2.05) is 27.7 Å². The number of rotatable bonds is 2. The van der Waals surface area contributed by atoms with Crippen molar-refractivity contribution in [3.63, 3.8) is 0 Å². The zero-order chi connectivity index (χ0) is 13.0. The van der Waals surface area contributed by atoms with Crippen LogP contribution in [0.1, 0.15) is 60.3 Å². The van der Waals surface area contributed by atoms with Crippen molar-refractivity contribution < 1.29 is 0 Å². The zero-order valence-corrected chi connectivity index (χ0v) is 11.7. The van der Waals surface area contributed by atoms with Crippen molar-refractivity contribution in [2.75, 3.05) is 0 Å². The van der Waals surface area contributed by atoms with E-state index in [-0.39, 0.29) is 0 Å². The number of hydrogen-bond acceptors (Lipinski definition) is 2. The number of hydrogen-bond donors (Lipinski definition) is 2. The molecule has 2 nitrogen and oxygen atoms in total. The molecule has 0 saturated heterocycles. The smallest absolute Gasteiger partial charge is 0.0194 e. The van der Waals surface area contributed by atoms with Gasteiger partial charge in [-0.3, -0.25) is 0 Å². The van der Waals surface area contributed by atoms with Gasteiger partial charge in [0.05, 0.1) is 0 Å². The molecule has 0 aromatic heterocycles. The predicted molar refractivity (Wildman–Crippen MR) is 74.9 cm³/mol. The van der Waals surface area contributed by atoms with Crippen LogP contribution < -0.4 is 5.73 Å². The third kappa shape index (κ3) is 7.49. The number of allylic oxidation sites excluding steroid dienone is 2. The fourth-order valence-electron chi connectivity index (χ4n) is 1.83. The van der Waals surface area contributed by atoms with Gasteiger partial charge in [-0.05, 0) is 30.8 Å². The average molecular weight is 226 g/mol. The van der Waals surface area contributed by atoms with E-state index in [1.54, 1.807) is 6.08 Å². The summed E-state index contributed by atoms with van der Waals surface area (Å²) in [5, 5.41) is 6.91. The van der Waals surface area contributed by atoms with Crippen LogP contribution >= 0.6 is 0 Å². The standard InChI is InChI=1S/C10H18N2.2C2H6/c1-8-2-4-9(5-3-8)10(12)6-7-11;2*1-2/h6-9,11H,2-5,12H2,1H3;2*1-2H3/b10-6-,11-7?;;. The summed E-state index contributed by atoms with van der Waals surface area (Å²) in [7, 11) is 0. The number of nitrogens with two attached hydrogens (primary N) is 1. The van der Waals surface area contributed by atoms with E-state index in [0.717, 1.165) is 11.6 Å². The van der Waals surface area contributed by atoms with Gasteiger partial charge in [0.25, 0.3) is 0 Å². The van der Waals surface area contributed by atoms with Crippen molar-refractivity contribution in [2.24, 2.45) is 17.6 Å². The second-order valence-electron chi connectivity index (χ2n) is 3.79. The van der Waals surface area contributed by atoms with E-state index in [1.165, 1.54) is 31.9 Å². The van der Waals surface area contributed by atoms with Crippen LogP contribution in [0.3, 0.4) is 0 Å². The summed E-state index contributed by atoms with van der Waals surface area (Å²) in [4.78, 5) is 0. The highest BCUT2D eigenvalue weighted by Gasteiger charge is 2.19. The summed E-state index contributed by atoms with van der Waals surface area (Å²) in [5.74, 6) is 1.41. The molecule has 0 spiro atoms. The van der Waals surface area contributed by atoms with Crippen LogP contribution in [0.15, 0.2) is 11.8 Å². The van der Waals surface area contributed by atoms with Gasteiger partial charge in [0.2, 0.25) is 0 Å². The van der Waals surface area contributed by atoms with Crippen LogP contribution in [0.25, 0.3) is 0 Å². The molecule has 0 bridgehead atoms. The quantitative estimate of drug-likeness (QED) is 0.675. The predicted octanol–water partition coefficient (Wildman–Crippen LogP) is 4.36. The van der Waals surface area contributed by atoms with Crippen LogP contribution in [0.5, 0.6) is 0 Å². The summed E-state index contributed by atoms with van der Waals surface area (Å²) < 4.78 is 0. The Morgan fingerprint density at radius 3 is 1.88 bits per heavy atom. The Morgan fingerprint density at radius 1 is 1.06 bits per heavy atom. The number of nitrogens with one attached hydrogen (secondary N) is 1. The van der Waals surface area contributed by atoms with Crippen molar-refractivity contribution in [2.45, 2.75) is 60.3 Å². The minimum atomic E-state index is 0.544. The summed E-state index contributed by atoms with van der Waals surface area (Å²) in [6, 6.07) is 0. The summed E-state index contributed by atoms with van der Waals surface area (Å²) in [5.41, 5.74) is 6.71. The van der Waals surface area contributed by atoms with Gasteiger partial charge in [0, 0.05) is 11.9 Å². The molecule has 96 valence electrons. The van der Waals surface area contributed by atoms with Gasteiger partial charge >= 0.3 is 0 Å². The lowest BCUT2D eigenvalue weighted by atomic mass is 9.81. The lowest BCUT2D eigenvalue weighted by molar-refractivity contribution is 0.319. The van der Waals surface area contributed by atoms with Gasteiger partial charge in [-0.25, -0.2) is 0 Å². The molecule has 2 heteroatoms. The van der Waals surface area contributed by atoms with Crippen LogP contribution in [0, 0.1) is 17.2 Å². The molecular formula is C14H30N2. The van der Waals surface area contributed by atoms with E-state index in [0.29, 0.717) is 5.92 Å². The van der Waals surface area contributed by atoms with Crippen molar-refractivity contribution in [3.05, 3.63) is 11.8 Å². The van der Waals surface area contributed by atoms with Crippen molar-refractivity contribution in [1.29, 1.82) is 5.41 Å². The Bertz CT molecular complexity index is 177. The van der Waals surface area contributed by atoms with Gasteiger partial charge in [-0.2, -0.15) is 0 Å². The topological polar surface area (TPSA) is 49.9 Å². The first-order valence-corrected chi connectivity index (χ1v) is 6.70. The maximum absolute atomic E-state index is 6.91. The summed E-state index contributed by atoms with van der Waals surface area (Å²) in [6.07, 6.45) is 8.00. The van der Waals surface area contributed by atoms with Crippen LogP contribution in [-0.4, -0.2) is 6.21 Å². The van der Waals surface area contributed by atoms with Crippen molar-refractivity contribution >= 4 is 6.21 Å². The minimum Gasteiger partial charge on any atom is -0.402 e. The van der Waals surface area contributed by atoms with E-state index in [9.17, 15) is 0 Å². The molecule has 0 amide bonds. The van der Waals surface area contributed by atoms with Gasteiger partial charge in [0.15, 0.2) is 0 Å². The van der Waals surface area contributed by atoms with Crippen molar-refractivity contribution in [3.8, 4) is 0 Å². The average Bonchev–Trinajstić information content (AvgIpc) is 2.35. The monoisotopic (exact) mass is 226 g/mol. The zero-order valence-electron chi connectivity index (χ0n) is 11.7. The highest BCUT2D eigenvalue weighted by atomic mass is 14.6. The molecule has 16 heavy (non-hydrogen) atoms. The van der Waals surface area contributed by atoms with Gasteiger partial charge in [-0.15, -0.1) is 0 Å². The van der Waals surface area contributed by atoms with Gasteiger partial charge < -0.3 is 11.1 Å². The highest BCUT2D eigenvalue weighted by molar-refractivity contribution is 5.68. The molecule has 1 saturated carbocycles. The molecule has 0 aromatic carbocycles. The molecule has 1 fully saturated rings. The Hall–Kier alpha value is -0.790. The van der Waals surface area contributed by atoms with E-state index >= 15 is 0 Å². The lowest BCUT2D eigenvalue weighted by Gasteiger charge is -2.26.